The van der Waals surface area contributed by atoms with Crippen molar-refractivity contribution in [3.8, 4) is 0 Å². The Morgan fingerprint density at radius 3 is 2.56 bits per heavy atom. The Bertz CT molecular complexity index is 96.6. The van der Waals surface area contributed by atoms with E-state index in [1.54, 1.807) is 7.05 Å². The maximum Gasteiger partial charge on any atom is 0.238 e. The van der Waals surface area contributed by atoms with Crippen molar-refractivity contribution in [2.75, 3.05) is 12.8 Å². The molecular weight excluding hydrogens is 160 g/mol. The monoisotopic (exact) mass is 168 g/mol. The van der Waals surface area contributed by atoms with Crippen LogP contribution in [-0.2, 0) is 4.79 Å². The molecule has 0 saturated carbocycles. The summed E-state index contributed by atoms with van der Waals surface area (Å²) < 4.78 is 0. The summed E-state index contributed by atoms with van der Waals surface area (Å²) in [5.74, 6) is 0.239. The fourth-order valence-electron chi connectivity index (χ4n) is 0.341. The number of rotatable bonds is 3. The predicted octanol–water partition coefficient (Wildman–Crippen LogP) is -0.226. The molecule has 54 valence electrons. The first kappa shape index (κ1) is 9.07. The standard InChI is InChI=1S/C4H9ClN2OS/c1-6-4(8)3(2-9)7-5/h3,7,9H,2H2,1H3,(H,6,8)/t3-/m0/s1. The zero-order valence-corrected chi connectivity index (χ0v) is 6.67. The Balaban J connectivity index is 3.64. The van der Waals surface area contributed by atoms with E-state index in [9.17, 15) is 4.79 Å². The van der Waals surface area contributed by atoms with Crippen LogP contribution < -0.4 is 10.2 Å². The highest BCUT2D eigenvalue weighted by molar-refractivity contribution is 7.80. The second kappa shape index (κ2) is 4.90. The molecule has 0 aliphatic carbocycles. The van der Waals surface area contributed by atoms with Crippen molar-refractivity contribution in [3.63, 3.8) is 0 Å². The molecule has 9 heavy (non-hydrogen) atoms. The Kier molecular flexibility index (Phi) is 4.94. The summed E-state index contributed by atoms with van der Waals surface area (Å²) in [4.78, 5) is 13.0. The average Bonchev–Trinajstić information content (AvgIpc) is 1.90. The van der Waals surface area contributed by atoms with E-state index in [0.717, 1.165) is 0 Å². The summed E-state index contributed by atoms with van der Waals surface area (Å²) in [6.45, 7) is 0. The van der Waals surface area contributed by atoms with E-state index < -0.39 is 6.04 Å². The lowest BCUT2D eigenvalue weighted by Gasteiger charge is -2.07. The molecule has 1 amide bonds. The van der Waals surface area contributed by atoms with Crippen LogP contribution >= 0.6 is 24.4 Å². The molecule has 0 fully saturated rings. The number of likely N-dealkylation sites (N-methyl/N-ethyl adjacent to an activating group) is 1. The molecule has 5 heteroatoms. The van der Waals surface area contributed by atoms with E-state index in [-0.39, 0.29) is 5.91 Å². The molecule has 1 atom stereocenters. The number of carbonyl (C=O) groups is 1. The number of amides is 1. The molecule has 0 aliphatic rings. The van der Waals surface area contributed by atoms with Crippen LogP contribution in [0.2, 0.25) is 0 Å². The minimum Gasteiger partial charge on any atom is -0.358 e. The van der Waals surface area contributed by atoms with Crippen LogP contribution in [0.5, 0.6) is 0 Å². The van der Waals surface area contributed by atoms with Crippen LogP contribution in [0.25, 0.3) is 0 Å². The van der Waals surface area contributed by atoms with Gasteiger partial charge in [-0.05, 0) is 11.8 Å². The minimum absolute atomic E-state index is 0.153. The quantitative estimate of drug-likeness (QED) is 0.403. The fraction of sp³-hybridized carbons (Fsp3) is 0.750. The van der Waals surface area contributed by atoms with Crippen molar-refractivity contribution >= 4 is 30.3 Å². The van der Waals surface area contributed by atoms with E-state index in [0.29, 0.717) is 5.75 Å². The molecule has 0 aromatic rings. The number of halogens is 1. The lowest BCUT2D eigenvalue weighted by molar-refractivity contribution is -0.121. The maximum atomic E-state index is 10.7. The van der Waals surface area contributed by atoms with Crippen molar-refractivity contribution in [1.82, 2.24) is 10.2 Å². The Morgan fingerprint density at radius 1 is 1.89 bits per heavy atom. The molecule has 0 radical (unpaired) electrons. The highest BCUT2D eigenvalue weighted by Gasteiger charge is 2.11. The van der Waals surface area contributed by atoms with E-state index in [1.165, 1.54) is 0 Å². The van der Waals surface area contributed by atoms with Crippen LogP contribution in [0.4, 0.5) is 0 Å². The van der Waals surface area contributed by atoms with Crippen LogP contribution in [-0.4, -0.2) is 24.7 Å². The molecule has 2 N–H and O–H groups in total. The molecule has 0 aromatic heterocycles. The van der Waals surface area contributed by atoms with E-state index in [2.05, 4.69) is 22.8 Å². The zero-order valence-electron chi connectivity index (χ0n) is 5.02. The molecule has 0 rings (SSSR count). The van der Waals surface area contributed by atoms with Gasteiger partial charge >= 0.3 is 0 Å². The molecule has 3 nitrogen and oxygen atoms in total. The summed E-state index contributed by atoms with van der Waals surface area (Å²) in [6, 6.07) is -0.403. The topological polar surface area (TPSA) is 41.1 Å². The van der Waals surface area contributed by atoms with Gasteiger partial charge in [0.15, 0.2) is 0 Å². The van der Waals surface area contributed by atoms with Gasteiger partial charge in [0.2, 0.25) is 5.91 Å². The van der Waals surface area contributed by atoms with Gasteiger partial charge in [-0.25, -0.2) is 4.84 Å². The van der Waals surface area contributed by atoms with Crippen molar-refractivity contribution in [1.29, 1.82) is 0 Å². The van der Waals surface area contributed by atoms with Crippen molar-refractivity contribution in [2.24, 2.45) is 0 Å². The molecule has 0 unspecified atom stereocenters. The van der Waals surface area contributed by atoms with Gasteiger partial charge < -0.3 is 5.32 Å². The average molecular weight is 169 g/mol. The van der Waals surface area contributed by atoms with Gasteiger partial charge in [-0.2, -0.15) is 12.6 Å². The smallest absolute Gasteiger partial charge is 0.238 e. The molecule has 0 saturated heterocycles. The summed E-state index contributed by atoms with van der Waals surface area (Å²) in [5.41, 5.74) is 0. The van der Waals surface area contributed by atoms with E-state index in [4.69, 9.17) is 11.8 Å². The van der Waals surface area contributed by atoms with Crippen molar-refractivity contribution in [3.05, 3.63) is 0 Å². The van der Waals surface area contributed by atoms with Gasteiger partial charge in [0.05, 0.1) is 0 Å². The van der Waals surface area contributed by atoms with Crippen molar-refractivity contribution in [2.45, 2.75) is 6.04 Å². The number of hydrogen-bond acceptors (Lipinski definition) is 3. The van der Waals surface area contributed by atoms with E-state index >= 15 is 0 Å². The van der Waals surface area contributed by atoms with Gasteiger partial charge in [-0.1, -0.05) is 0 Å². The van der Waals surface area contributed by atoms with Gasteiger partial charge in [0.1, 0.15) is 6.04 Å². The largest absolute Gasteiger partial charge is 0.358 e. The van der Waals surface area contributed by atoms with Gasteiger partial charge in [0, 0.05) is 12.8 Å². The molecule has 0 heterocycles. The lowest BCUT2D eigenvalue weighted by Crippen LogP contribution is -2.40. The fourth-order valence-corrected chi connectivity index (χ4v) is 0.882. The SMILES string of the molecule is CNC(=O)[C@H](CS)NCl. The first-order valence-electron chi connectivity index (χ1n) is 2.44. The second-order valence-electron chi connectivity index (χ2n) is 1.46. The van der Waals surface area contributed by atoms with Crippen LogP contribution in [0.3, 0.4) is 0 Å². The highest BCUT2D eigenvalue weighted by Crippen LogP contribution is 1.87. The van der Waals surface area contributed by atoms with Gasteiger partial charge in [0.25, 0.3) is 0 Å². The number of thiol groups is 1. The predicted molar refractivity (Wildman–Crippen MR) is 40.7 cm³/mol. The van der Waals surface area contributed by atoms with Crippen LogP contribution in [0.15, 0.2) is 0 Å². The Morgan fingerprint density at radius 2 is 2.44 bits per heavy atom. The lowest BCUT2D eigenvalue weighted by atomic mass is 10.3. The summed E-state index contributed by atoms with van der Waals surface area (Å²) in [7, 11) is 1.55. The number of nitrogens with one attached hydrogen (secondary N) is 2. The summed E-state index contributed by atoms with van der Waals surface area (Å²) in [5, 5.41) is 2.43. The van der Waals surface area contributed by atoms with Crippen LogP contribution in [0, 0.1) is 0 Å². The molecule has 0 aromatic carbocycles. The molecule has 0 spiro atoms. The third-order valence-corrected chi connectivity index (χ3v) is 1.51. The van der Waals surface area contributed by atoms with Gasteiger partial charge in [-0.3, -0.25) is 4.79 Å². The van der Waals surface area contributed by atoms with E-state index in [1.807, 2.05) is 0 Å². The van der Waals surface area contributed by atoms with Gasteiger partial charge in [-0.15, -0.1) is 0 Å². The molecule has 0 aliphatic heterocycles. The second-order valence-corrected chi connectivity index (χ2v) is 2.04. The third-order valence-electron chi connectivity index (χ3n) is 0.877. The third kappa shape index (κ3) is 2.93. The number of carbonyl (C=O) groups excluding carboxylic acids is 1. The molecular formula is C4H9ClN2OS. The van der Waals surface area contributed by atoms with Crippen molar-refractivity contribution < 1.29 is 4.79 Å². The van der Waals surface area contributed by atoms with Crippen LogP contribution in [0.1, 0.15) is 0 Å². The minimum atomic E-state index is -0.403. The Labute approximate surface area is 64.7 Å². The Hall–Kier alpha value is 0.0700. The highest BCUT2D eigenvalue weighted by atomic mass is 35.5. The first-order chi connectivity index (χ1) is 4.26. The first-order valence-corrected chi connectivity index (χ1v) is 3.46. The maximum absolute atomic E-state index is 10.7. The molecule has 0 bridgehead atoms. The zero-order chi connectivity index (χ0) is 7.28. The summed E-state index contributed by atoms with van der Waals surface area (Å²) >= 11 is 9.06. The number of hydrogen-bond donors (Lipinski definition) is 3. The summed E-state index contributed by atoms with van der Waals surface area (Å²) in [6.07, 6.45) is 0. The normalized spacial score (nSPS) is 12.8.